The molecule has 0 atom stereocenters. The molecule has 0 radical (unpaired) electrons. The number of carboxylic acid groups (broad SMARTS) is 1. The molecule has 116 valence electrons. The van der Waals surface area contributed by atoms with Crippen LogP contribution in [0.25, 0.3) is 0 Å². The molecular weight excluding hydrogens is 264 g/mol. The van der Waals surface area contributed by atoms with Gasteiger partial charge in [-0.25, -0.2) is 9.59 Å². The van der Waals surface area contributed by atoms with Crippen molar-refractivity contribution in [3.63, 3.8) is 0 Å². The molecule has 1 fully saturated rings. The number of hydrogen-bond acceptors (Lipinski definition) is 4. The van der Waals surface area contributed by atoms with E-state index in [1.54, 1.807) is 12.0 Å². The summed E-state index contributed by atoms with van der Waals surface area (Å²) in [5.74, 6) is -1.01. The average Bonchev–Trinajstić information content (AvgIpc) is 2.39. The van der Waals surface area contributed by atoms with Crippen molar-refractivity contribution in [1.82, 2.24) is 10.2 Å². The number of carboxylic acids is 1. The third-order valence-electron chi connectivity index (χ3n) is 3.52. The minimum absolute atomic E-state index is 0.0316. The van der Waals surface area contributed by atoms with E-state index in [1.807, 2.05) is 13.8 Å². The maximum Gasteiger partial charge on any atom is 0.329 e. The molecule has 1 aliphatic rings. The number of aliphatic carboxylic acids is 1. The zero-order valence-corrected chi connectivity index (χ0v) is 12.3. The fourth-order valence-electron chi connectivity index (χ4n) is 2.17. The molecule has 7 heteroatoms. The Balaban J connectivity index is 2.75. The maximum absolute atomic E-state index is 12.3. The molecule has 7 nitrogen and oxygen atoms in total. The lowest BCUT2D eigenvalue weighted by Crippen LogP contribution is -2.61. The Morgan fingerprint density at radius 3 is 2.45 bits per heavy atom. The number of nitrogens with zero attached hydrogens (tertiary/aromatic N) is 1. The van der Waals surface area contributed by atoms with Gasteiger partial charge < -0.3 is 24.8 Å². The van der Waals surface area contributed by atoms with Crippen LogP contribution in [-0.4, -0.2) is 67.1 Å². The number of amides is 2. The fourth-order valence-corrected chi connectivity index (χ4v) is 2.17. The topological polar surface area (TPSA) is 88.1 Å². The van der Waals surface area contributed by atoms with Crippen LogP contribution in [0.1, 0.15) is 26.7 Å². The molecule has 1 heterocycles. The van der Waals surface area contributed by atoms with Crippen LogP contribution in [-0.2, 0) is 14.3 Å². The molecule has 0 saturated carbocycles. The summed E-state index contributed by atoms with van der Waals surface area (Å²) in [4.78, 5) is 25.4. The molecule has 1 saturated heterocycles. The summed E-state index contributed by atoms with van der Waals surface area (Å²) in [5, 5.41) is 12.1. The van der Waals surface area contributed by atoms with Crippen molar-refractivity contribution in [2.24, 2.45) is 0 Å². The Bertz CT molecular complexity index is 340. The van der Waals surface area contributed by atoms with Gasteiger partial charge in [0.2, 0.25) is 0 Å². The van der Waals surface area contributed by atoms with E-state index in [-0.39, 0.29) is 24.9 Å². The van der Waals surface area contributed by atoms with Gasteiger partial charge in [0, 0.05) is 45.8 Å². The number of carbonyl (C=O) groups is 2. The normalized spacial score (nSPS) is 17.8. The van der Waals surface area contributed by atoms with Gasteiger partial charge in [-0.15, -0.1) is 0 Å². The molecule has 2 amide bonds. The SMILES string of the molecule is COCCN(C(=O)NC1(C(=O)O)CCOCC1)C(C)C. The van der Waals surface area contributed by atoms with Gasteiger partial charge in [-0.05, 0) is 13.8 Å². The summed E-state index contributed by atoms with van der Waals surface area (Å²) in [6.45, 7) is 5.28. The van der Waals surface area contributed by atoms with Crippen LogP contribution >= 0.6 is 0 Å². The highest BCUT2D eigenvalue weighted by molar-refractivity contribution is 5.86. The zero-order valence-electron chi connectivity index (χ0n) is 12.3. The second kappa shape index (κ2) is 7.44. The van der Waals surface area contributed by atoms with Crippen LogP contribution < -0.4 is 5.32 Å². The van der Waals surface area contributed by atoms with Crippen LogP contribution in [0.5, 0.6) is 0 Å². The predicted molar refractivity (Wildman–Crippen MR) is 72.7 cm³/mol. The minimum atomic E-state index is -1.23. The van der Waals surface area contributed by atoms with E-state index in [9.17, 15) is 14.7 Å². The number of hydrogen-bond donors (Lipinski definition) is 2. The lowest BCUT2D eigenvalue weighted by Gasteiger charge is -2.37. The number of nitrogens with one attached hydrogen (secondary N) is 1. The number of methoxy groups -OCH3 is 1. The van der Waals surface area contributed by atoms with Crippen LogP contribution in [0.4, 0.5) is 4.79 Å². The van der Waals surface area contributed by atoms with Gasteiger partial charge in [-0.2, -0.15) is 0 Å². The Morgan fingerprint density at radius 2 is 2.00 bits per heavy atom. The smallest absolute Gasteiger partial charge is 0.329 e. The van der Waals surface area contributed by atoms with Crippen molar-refractivity contribution >= 4 is 12.0 Å². The van der Waals surface area contributed by atoms with Gasteiger partial charge in [0.15, 0.2) is 0 Å². The molecule has 2 N–H and O–H groups in total. The van der Waals surface area contributed by atoms with E-state index in [0.29, 0.717) is 26.4 Å². The quantitative estimate of drug-likeness (QED) is 0.750. The van der Waals surface area contributed by atoms with Gasteiger partial charge in [0.05, 0.1) is 6.61 Å². The number of rotatable bonds is 6. The van der Waals surface area contributed by atoms with Crippen molar-refractivity contribution < 1.29 is 24.2 Å². The molecule has 0 bridgehead atoms. The summed E-state index contributed by atoms with van der Waals surface area (Å²) in [6, 6.07) is -0.405. The Labute approximate surface area is 119 Å². The highest BCUT2D eigenvalue weighted by atomic mass is 16.5. The zero-order chi connectivity index (χ0) is 15.2. The third kappa shape index (κ3) is 4.08. The first-order valence-corrected chi connectivity index (χ1v) is 6.82. The lowest BCUT2D eigenvalue weighted by atomic mass is 9.90. The van der Waals surface area contributed by atoms with Crippen LogP contribution in [0, 0.1) is 0 Å². The van der Waals surface area contributed by atoms with Crippen molar-refractivity contribution in [2.45, 2.75) is 38.3 Å². The Kier molecular flexibility index (Phi) is 6.22. The molecule has 20 heavy (non-hydrogen) atoms. The highest BCUT2D eigenvalue weighted by Gasteiger charge is 2.42. The van der Waals surface area contributed by atoms with Gasteiger partial charge >= 0.3 is 12.0 Å². The van der Waals surface area contributed by atoms with Gasteiger partial charge in [-0.1, -0.05) is 0 Å². The van der Waals surface area contributed by atoms with E-state index in [0.717, 1.165) is 0 Å². The first kappa shape index (κ1) is 16.7. The van der Waals surface area contributed by atoms with E-state index >= 15 is 0 Å². The van der Waals surface area contributed by atoms with E-state index < -0.39 is 11.5 Å². The standard InChI is InChI=1S/C13H24N2O5/c1-10(2)15(6-9-19-3)12(18)14-13(11(16)17)4-7-20-8-5-13/h10H,4-9H2,1-3H3,(H,14,18)(H,16,17). The molecule has 0 aliphatic carbocycles. The fraction of sp³-hybridized carbons (Fsp3) is 0.846. The van der Waals surface area contributed by atoms with Crippen LogP contribution in [0.15, 0.2) is 0 Å². The predicted octanol–water partition coefficient (Wildman–Crippen LogP) is 0.687. The van der Waals surface area contributed by atoms with E-state index in [2.05, 4.69) is 5.32 Å². The summed E-state index contributed by atoms with van der Waals surface area (Å²) in [7, 11) is 1.56. The van der Waals surface area contributed by atoms with Gasteiger partial charge in [0.1, 0.15) is 5.54 Å². The highest BCUT2D eigenvalue weighted by Crippen LogP contribution is 2.21. The molecule has 1 rings (SSSR count). The first-order valence-electron chi connectivity index (χ1n) is 6.82. The number of carbonyl (C=O) groups excluding carboxylic acids is 1. The molecule has 1 aliphatic heterocycles. The Morgan fingerprint density at radius 1 is 1.40 bits per heavy atom. The molecule has 0 spiro atoms. The number of urea groups is 1. The van der Waals surface area contributed by atoms with Gasteiger partial charge in [0.25, 0.3) is 0 Å². The summed E-state index contributed by atoms with van der Waals surface area (Å²) < 4.78 is 10.2. The number of ether oxygens (including phenoxy) is 2. The summed E-state index contributed by atoms with van der Waals surface area (Å²) >= 11 is 0. The van der Waals surface area contributed by atoms with Crippen LogP contribution in [0.3, 0.4) is 0 Å². The van der Waals surface area contributed by atoms with Crippen molar-refractivity contribution in [2.75, 3.05) is 33.5 Å². The molecule has 0 aromatic heterocycles. The lowest BCUT2D eigenvalue weighted by molar-refractivity contribution is -0.148. The second-order valence-corrected chi connectivity index (χ2v) is 5.21. The molecular formula is C13H24N2O5. The van der Waals surface area contributed by atoms with Crippen LogP contribution in [0.2, 0.25) is 0 Å². The average molecular weight is 288 g/mol. The first-order chi connectivity index (χ1) is 9.43. The largest absolute Gasteiger partial charge is 0.480 e. The minimum Gasteiger partial charge on any atom is -0.480 e. The van der Waals surface area contributed by atoms with Crippen molar-refractivity contribution in [1.29, 1.82) is 0 Å². The van der Waals surface area contributed by atoms with E-state index in [4.69, 9.17) is 9.47 Å². The molecule has 0 aromatic rings. The second-order valence-electron chi connectivity index (χ2n) is 5.21. The maximum atomic E-state index is 12.3. The van der Waals surface area contributed by atoms with Gasteiger partial charge in [-0.3, -0.25) is 0 Å². The summed E-state index contributed by atoms with van der Waals surface area (Å²) in [5.41, 5.74) is -1.23. The Hall–Kier alpha value is -1.34. The van der Waals surface area contributed by atoms with Crippen molar-refractivity contribution in [3.05, 3.63) is 0 Å². The molecule has 0 unspecified atom stereocenters. The third-order valence-corrected chi connectivity index (χ3v) is 3.52. The van der Waals surface area contributed by atoms with Crippen molar-refractivity contribution in [3.8, 4) is 0 Å². The van der Waals surface area contributed by atoms with E-state index in [1.165, 1.54) is 0 Å². The summed E-state index contributed by atoms with van der Waals surface area (Å²) in [6.07, 6.45) is 0.564. The molecule has 0 aromatic carbocycles. The monoisotopic (exact) mass is 288 g/mol.